The summed E-state index contributed by atoms with van der Waals surface area (Å²) in [5.41, 5.74) is 0.456. The standard InChI is InChI=1S/C18H22N4O3/c1-25-18(24)12-3-4-17(19-9-12)21-10-13-7-15(22-6-2-5-20-22)16(23)8-14(13)11-21/h2-6,9,13-16,23H,7-8,10-11H2,1H3/t13-,14+,15-,16-/m1/s1. The van der Waals surface area contributed by atoms with Gasteiger partial charge in [-0.2, -0.15) is 5.10 Å². The van der Waals surface area contributed by atoms with Gasteiger partial charge in [0.15, 0.2) is 0 Å². The summed E-state index contributed by atoms with van der Waals surface area (Å²) in [6.45, 7) is 1.80. The van der Waals surface area contributed by atoms with Crippen LogP contribution in [0.3, 0.4) is 0 Å². The normalized spacial score (nSPS) is 28.6. The first kappa shape index (κ1) is 16.1. The van der Waals surface area contributed by atoms with E-state index >= 15 is 0 Å². The van der Waals surface area contributed by atoms with Crippen molar-refractivity contribution in [2.45, 2.75) is 25.0 Å². The number of esters is 1. The highest BCUT2D eigenvalue weighted by Gasteiger charge is 2.42. The van der Waals surface area contributed by atoms with E-state index in [1.165, 1.54) is 7.11 Å². The Morgan fingerprint density at radius 2 is 2.08 bits per heavy atom. The van der Waals surface area contributed by atoms with Crippen LogP contribution in [0.25, 0.3) is 0 Å². The number of hydrogen-bond donors (Lipinski definition) is 1. The number of rotatable bonds is 3. The summed E-state index contributed by atoms with van der Waals surface area (Å²) in [5, 5.41) is 14.8. The number of aromatic nitrogens is 3. The summed E-state index contributed by atoms with van der Waals surface area (Å²) in [5.74, 6) is 1.47. The Morgan fingerprint density at radius 3 is 2.72 bits per heavy atom. The van der Waals surface area contributed by atoms with E-state index in [1.54, 1.807) is 18.5 Å². The first-order valence-electron chi connectivity index (χ1n) is 8.62. The molecule has 1 saturated carbocycles. The van der Waals surface area contributed by atoms with Crippen LogP contribution in [-0.4, -0.2) is 52.1 Å². The number of fused-ring (bicyclic) bond motifs is 1. The number of hydrogen-bond acceptors (Lipinski definition) is 6. The van der Waals surface area contributed by atoms with Gasteiger partial charge in [0.05, 0.1) is 24.8 Å². The van der Waals surface area contributed by atoms with Gasteiger partial charge in [0.25, 0.3) is 0 Å². The van der Waals surface area contributed by atoms with E-state index in [4.69, 9.17) is 4.74 Å². The zero-order valence-electron chi connectivity index (χ0n) is 14.2. The molecular weight excluding hydrogens is 320 g/mol. The molecule has 1 N–H and O–H groups in total. The Balaban J connectivity index is 1.47. The van der Waals surface area contributed by atoms with Crippen molar-refractivity contribution >= 4 is 11.8 Å². The van der Waals surface area contributed by atoms with Crippen LogP contribution in [-0.2, 0) is 4.74 Å². The smallest absolute Gasteiger partial charge is 0.339 e. The Hall–Kier alpha value is -2.41. The highest BCUT2D eigenvalue weighted by molar-refractivity contribution is 5.89. The van der Waals surface area contributed by atoms with Crippen molar-refractivity contribution in [3.8, 4) is 0 Å². The number of nitrogens with zero attached hydrogens (tertiary/aromatic N) is 4. The Kier molecular flexibility index (Phi) is 4.17. The van der Waals surface area contributed by atoms with Crippen LogP contribution in [0.1, 0.15) is 29.2 Å². The van der Waals surface area contributed by atoms with Crippen molar-refractivity contribution in [1.82, 2.24) is 14.8 Å². The molecule has 132 valence electrons. The molecule has 1 aliphatic heterocycles. The molecule has 2 aromatic heterocycles. The number of aliphatic hydroxyl groups excluding tert-OH is 1. The molecule has 0 amide bonds. The molecule has 4 atom stereocenters. The van der Waals surface area contributed by atoms with E-state index in [9.17, 15) is 9.90 Å². The van der Waals surface area contributed by atoms with E-state index in [0.29, 0.717) is 17.4 Å². The second-order valence-corrected chi connectivity index (χ2v) is 6.91. The van der Waals surface area contributed by atoms with Crippen molar-refractivity contribution in [3.05, 3.63) is 42.4 Å². The molecule has 3 heterocycles. The molecule has 1 saturated heterocycles. The fourth-order valence-corrected chi connectivity index (χ4v) is 4.17. The lowest BCUT2D eigenvalue weighted by molar-refractivity contribution is 0.0306. The van der Waals surface area contributed by atoms with Gasteiger partial charge in [-0.05, 0) is 42.9 Å². The largest absolute Gasteiger partial charge is 0.465 e. The molecule has 25 heavy (non-hydrogen) atoms. The number of ether oxygens (including phenoxy) is 1. The lowest BCUT2D eigenvalue weighted by Gasteiger charge is -2.35. The molecule has 2 fully saturated rings. The van der Waals surface area contributed by atoms with E-state index in [2.05, 4.69) is 15.0 Å². The van der Waals surface area contributed by atoms with Crippen LogP contribution in [0.5, 0.6) is 0 Å². The number of carbonyl (C=O) groups excluding carboxylic acids is 1. The van der Waals surface area contributed by atoms with E-state index < -0.39 is 0 Å². The molecule has 0 bridgehead atoms. The first-order valence-corrected chi connectivity index (χ1v) is 8.62. The van der Waals surface area contributed by atoms with E-state index in [1.807, 2.05) is 23.0 Å². The fraction of sp³-hybridized carbons (Fsp3) is 0.500. The third-order valence-electron chi connectivity index (χ3n) is 5.47. The molecule has 0 unspecified atom stereocenters. The Morgan fingerprint density at radius 1 is 1.28 bits per heavy atom. The van der Waals surface area contributed by atoms with Crippen molar-refractivity contribution in [2.24, 2.45) is 11.8 Å². The van der Waals surface area contributed by atoms with Gasteiger partial charge < -0.3 is 14.7 Å². The van der Waals surface area contributed by atoms with Crippen LogP contribution < -0.4 is 4.90 Å². The maximum Gasteiger partial charge on any atom is 0.339 e. The van der Waals surface area contributed by atoms with Crippen LogP contribution in [0, 0.1) is 11.8 Å². The number of aliphatic hydroxyl groups is 1. The van der Waals surface area contributed by atoms with E-state index in [-0.39, 0.29) is 18.1 Å². The van der Waals surface area contributed by atoms with Gasteiger partial charge in [-0.1, -0.05) is 0 Å². The zero-order chi connectivity index (χ0) is 17.4. The van der Waals surface area contributed by atoms with E-state index in [0.717, 1.165) is 31.7 Å². The summed E-state index contributed by atoms with van der Waals surface area (Å²) in [6, 6.07) is 5.56. The first-order chi connectivity index (χ1) is 12.2. The Labute approximate surface area is 146 Å². The molecule has 0 aromatic carbocycles. The topological polar surface area (TPSA) is 80.5 Å². The lowest BCUT2D eigenvalue weighted by Crippen LogP contribution is -2.36. The molecule has 2 aliphatic rings. The number of anilines is 1. The predicted molar refractivity (Wildman–Crippen MR) is 91.3 cm³/mol. The zero-order valence-corrected chi connectivity index (χ0v) is 14.2. The average molecular weight is 342 g/mol. The molecule has 7 nitrogen and oxygen atoms in total. The van der Waals surface area contributed by atoms with Crippen molar-refractivity contribution in [2.75, 3.05) is 25.1 Å². The highest BCUT2D eigenvalue weighted by Crippen LogP contribution is 2.41. The lowest BCUT2D eigenvalue weighted by atomic mass is 9.77. The quantitative estimate of drug-likeness (QED) is 0.852. The van der Waals surface area contributed by atoms with Gasteiger partial charge in [0.1, 0.15) is 5.82 Å². The van der Waals surface area contributed by atoms with Gasteiger partial charge in [0, 0.05) is 31.7 Å². The molecular formula is C18H22N4O3. The second kappa shape index (κ2) is 6.48. The minimum absolute atomic E-state index is 0.0471. The molecule has 0 spiro atoms. The maximum absolute atomic E-state index is 11.5. The van der Waals surface area contributed by atoms with Gasteiger partial charge in [-0.25, -0.2) is 9.78 Å². The van der Waals surface area contributed by atoms with Crippen LogP contribution in [0.4, 0.5) is 5.82 Å². The third-order valence-corrected chi connectivity index (χ3v) is 5.47. The van der Waals surface area contributed by atoms with Crippen molar-refractivity contribution in [3.63, 3.8) is 0 Å². The third kappa shape index (κ3) is 3.00. The summed E-state index contributed by atoms with van der Waals surface area (Å²) < 4.78 is 6.59. The van der Waals surface area contributed by atoms with Crippen molar-refractivity contribution in [1.29, 1.82) is 0 Å². The Bertz CT molecular complexity index is 731. The molecule has 7 heteroatoms. The van der Waals surface area contributed by atoms with Crippen molar-refractivity contribution < 1.29 is 14.6 Å². The van der Waals surface area contributed by atoms with Crippen LogP contribution in [0.15, 0.2) is 36.8 Å². The predicted octanol–water partition coefficient (Wildman–Crippen LogP) is 1.51. The van der Waals surface area contributed by atoms with Crippen LogP contribution in [0.2, 0.25) is 0 Å². The minimum Gasteiger partial charge on any atom is -0.465 e. The van der Waals surface area contributed by atoms with Gasteiger partial charge in [-0.15, -0.1) is 0 Å². The molecule has 1 aliphatic carbocycles. The molecule has 4 rings (SSSR count). The van der Waals surface area contributed by atoms with Gasteiger partial charge >= 0.3 is 5.97 Å². The second-order valence-electron chi connectivity index (χ2n) is 6.91. The average Bonchev–Trinajstić information content (AvgIpc) is 3.29. The van der Waals surface area contributed by atoms with Gasteiger partial charge in [0.2, 0.25) is 0 Å². The monoisotopic (exact) mass is 342 g/mol. The minimum atomic E-state index is -0.376. The SMILES string of the molecule is COC(=O)c1ccc(N2C[C@H]3C[C@@H](n4cccn4)[C@H](O)C[C@H]3C2)nc1. The number of carbonyl (C=O) groups is 1. The van der Waals surface area contributed by atoms with Crippen LogP contribution >= 0.6 is 0 Å². The summed E-state index contributed by atoms with van der Waals surface area (Å²) >= 11 is 0. The summed E-state index contributed by atoms with van der Waals surface area (Å²) in [6.07, 6.45) is 6.58. The molecule has 2 aromatic rings. The molecule has 0 radical (unpaired) electrons. The summed E-state index contributed by atoms with van der Waals surface area (Å²) in [4.78, 5) is 18.2. The highest BCUT2D eigenvalue weighted by atomic mass is 16.5. The number of pyridine rings is 1. The fourth-order valence-electron chi connectivity index (χ4n) is 4.17. The summed E-state index contributed by atoms with van der Waals surface area (Å²) in [7, 11) is 1.36. The number of methoxy groups -OCH3 is 1. The maximum atomic E-state index is 11.5. The van der Waals surface area contributed by atoms with Gasteiger partial charge in [-0.3, -0.25) is 4.68 Å².